The van der Waals surface area contributed by atoms with E-state index in [0.717, 1.165) is 31.5 Å². The van der Waals surface area contributed by atoms with Gasteiger partial charge in [-0.05, 0) is 43.6 Å². The lowest BCUT2D eigenvalue weighted by Crippen LogP contribution is -2.38. The zero-order valence-corrected chi connectivity index (χ0v) is 12.4. The molecule has 1 aromatic carbocycles. The molecule has 122 valence electrons. The summed E-state index contributed by atoms with van der Waals surface area (Å²) in [7, 11) is 1.41. The SMILES string of the molecule is COc1cc(CN2CCC(C(N)=O)CC2)ccc1OC(F)F. The van der Waals surface area contributed by atoms with Gasteiger partial charge in [-0.25, -0.2) is 0 Å². The second kappa shape index (κ2) is 7.40. The predicted molar refractivity (Wildman–Crippen MR) is 76.8 cm³/mol. The van der Waals surface area contributed by atoms with Crippen LogP contribution in [0.2, 0.25) is 0 Å². The van der Waals surface area contributed by atoms with Gasteiger partial charge in [0.15, 0.2) is 11.5 Å². The van der Waals surface area contributed by atoms with Crippen LogP contribution in [0.15, 0.2) is 18.2 Å². The molecule has 1 heterocycles. The fourth-order valence-corrected chi connectivity index (χ4v) is 2.64. The van der Waals surface area contributed by atoms with Crippen molar-refractivity contribution >= 4 is 5.91 Å². The summed E-state index contributed by atoms with van der Waals surface area (Å²) in [6.07, 6.45) is 1.50. The number of ether oxygens (including phenoxy) is 2. The van der Waals surface area contributed by atoms with Gasteiger partial charge in [-0.2, -0.15) is 8.78 Å². The van der Waals surface area contributed by atoms with E-state index in [4.69, 9.17) is 10.5 Å². The number of hydrogen-bond donors (Lipinski definition) is 1. The minimum absolute atomic E-state index is 0.0219. The molecule has 0 atom stereocenters. The van der Waals surface area contributed by atoms with Crippen molar-refractivity contribution in [1.82, 2.24) is 4.90 Å². The van der Waals surface area contributed by atoms with Gasteiger partial charge >= 0.3 is 6.61 Å². The first-order chi connectivity index (χ1) is 10.5. The molecule has 0 radical (unpaired) electrons. The lowest BCUT2D eigenvalue weighted by atomic mass is 9.96. The van der Waals surface area contributed by atoms with Crippen LogP contribution in [-0.4, -0.2) is 37.6 Å². The van der Waals surface area contributed by atoms with Crippen molar-refractivity contribution in [3.8, 4) is 11.5 Å². The van der Waals surface area contributed by atoms with Crippen LogP contribution in [0.5, 0.6) is 11.5 Å². The number of carbonyl (C=O) groups excluding carboxylic acids is 1. The number of amides is 1. The number of halogens is 2. The summed E-state index contributed by atoms with van der Waals surface area (Å²) >= 11 is 0. The predicted octanol–water partition coefficient (Wildman–Crippen LogP) is 1.99. The average molecular weight is 314 g/mol. The maximum Gasteiger partial charge on any atom is 0.387 e. The van der Waals surface area contributed by atoms with Gasteiger partial charge in [-0.1, -0.05) is 6.07 Å². The van der Waals surface area contributed by atoms with Gasteiger partial charge in [-0.15, -0.1) is 0 Å². The zero-order chi connectivity index (χ0) is 16.1. The molecule has 0 bridgehead atoms. The number of nitrogens with zero attached hydrogens (tertiary/aromatic N) is 1. The Kier molecular flexibility index (Phi) is 5.54. The van der Waals surface area contributed by atoms with Gasteiger partial charge in [0.05, 0.1) is 7.11 Å². The van der Waals surface area contributed by atoms with Crippen LogP contribution in [0, 0.1) is 5.92 Å². The summed E-state index contributed by atoms with van der Waals surface area (Å²) in [6, 6.07) is 4.91. The van der Waals surface area contributed by atoms with Crippen LogP contribution in [0.3, 0.4) is 0 Å². The molecule has 7 heteroatoms. The van der Waals surface area contributed by atoms with E-state index in [1.54, 1.807) is 12.1 Å². The molecule has 1 amide bonds. The lowest BCUT2D eigenvalue weighted by Gasteiger charge is -2.30. The summed E-state index contributed by atoms with van der Waals surface area (Å²) in [6.45, 7) is -0.652. The van der Waals surface area contributed by atoms with Gasteiger partial charge in [0.1, 0.15) is 0 Å². The van der Waals surface area contributed by atoms with Crippen LogP contribution >= 0.6 is 0 Å². The number of piperidine rings is 1. The number of alkyl halides is 2. The second-order valence-electron chi connectivity index (χ2n) is 5.32. The van der Waals surface area contributed by atoms with Gasteiger partial charge in [0, 0.05) is 12.5 Å². The minimum Gasteiger partial charge on any atom is -0.493 e. The standard InChI is InChI=1S/C15H20F2N2O3/c1-21-13-8-10(2-3-12(13)22-15(16)17)9-19-6-4-11(5-7-19)14(18)20/h2-3,8,11,15H,4-7,9H2,1H3,(H2,18,20). The minimum atomic E-state index is -2.88. The molecule has 1 fully saturated rings. The van der Waals surface area contributed by atoms with E-state index in [-0.39, 0.29) is 23.3 Å². The maximum atomic E-state index is 12.3. The second-order valence-corrected chi connectivity index (χ2v) is 5.32. The monoisotopic (exact) mass is 314 g/mol. The Morgan fingerprint density at radius 2 is 2.05 bits per heavy atom. The molecule has 2 N–H and O–H groups in total. The van der Waals surface area contributed by atoms with E-state index < -0.39 is 6.61 Å². The quantitative estimate of drug-likeness (QED) is 0.872. The molecule has 1 aromatic rings. The number of hydrogen-bond acceptors (Lipinski definition) is 4. The Morgan fingerprint density at radius 1 is 1.36 bits per heavy atom. The molecule has 1 saturated heterocycles. The van der Waals surface area contributed by atoms with Crippen LogP contribution in [0.1, 0.15) is 18.4 Å². The fraction of sp³-hybridized carbons (Fsp3) is 0.533. The van der Waals surface area contributed by atoms with Crippen molar-refractivity contribution in [3.63, 3.8) is 0 Å². The van der Waals surface area contributed by atoms with E-state index >= 15 is 0 Å². The van der Waals surface area contributed by atoms with Crippen molar-refractivity contribution in [3.05, 3.63) is 23.8 Å². The molecule has 22 heavy (non-hydrogen) atoms. The van der Waals surface area contributed by atoms with E-state index in [2.05, 4.69) is 9.64 Å². The molecule has 1 aliphatic heterocycles. The van der Waals surface area contributed by atoms with E-state index in [1.807, 2.05) is 0 Å². The van der Waals surface area contributed by atoms with Gasteiger partial charge in [0.2, 0.25) is 5.91 Å². The normalized spacial score (nSPS) is 16.7. The summed E-state index contributed by atoms with van der Waals surface area (Å²) in [5.74, 6) is 0.0148. The first-order valence-electron chi connectivity index (χ1n) is 7.13. The summed E-state index contributed by atoms with van der Waals surface area (Å²) in [4.78, 5) is 13.3. The Bertz CT molecular complexity index is 518. The smallest absolute Gasteiger partial charge is 0.387 e. The largest absolute Gasteiger partial charge is 0.493 e. The van der Waals surface area contributed by atoms with Gasteiger partial charge in [-0.3, -0.25) is 9.69 Å². The Hall–Kier alpha value is -1.89. The summed E-state index contributed by atoms with van der Waals surface area (Å²) < 4.78 is 34.1. The molecule has 5 nitrogen and oxygen atoms in total. The third-order valence-corrected chi connectivity index (χ3v) is 3.84. The molecule has 0 aliphatic carbocycles. The van der Waals surface area contributed by atoms with E-state index in [0.29, 0.717) is 6.54 Å². The molecule has 0 aromatic heterocycles. The van der Waals surface area contributed by atoms with Crippen LogP contribution in [-0.2, 0) is 11.3 Å². The highest BCUT2D eigenvalue weighted by Crippen LogP contribution is 2.30. The van der Waals surface area contributed by atoms with Gasteiger partial charge < -0.3 is 15.2 Å². The molecule has 0 unspecified atom stereocenters. The van der Waals surface area contributed by atoms with Crippen molar-refractivity contribution in [2.24, 2.45) is 11.7 Å². The number of rotatable bonds is 6. The maximum absolute atomic E-state index is 12.3. The number of carbonyl (C=O) groups is 1. The zero-order valence-electron chi connectivity index (χ0n) is 12.4. The molecular formula is C15H20F2N2O3. The van der Waals surface area contributed by atoms with E-state index in [9.17, 15) is 13.6 Å². The number of benzene rings is 1. The topological polar surface area (TPSA) is 64.8 Å². The molecule has 0 saturated carbocycles. The fourth-order valence-electron chi connectivity index (χ4n) is 2.64. The van der Waals surface area contributed by atoms with Crippen molar-refractivity contribution < 1.29 is 23.0 Å². The molecule has 2 rings (SSSR count). The van der Waals surface area contributed by atoms with E-state index in [1.165, 1.54) is 13.2 Å². The Balaban J connectivity index is 1.97. The molecular weight excluding hydrogens is 294 g/mol. The number of methoxy groups -OCH3 is 1. The lowest BCUT2D eigenvalue weighted by molar-refractivity contribution is -0.123. The highest BCUT2D eigenvalue weighted by Gasteiger charge is 2.23. The van der Waals surface area contributed by atoms with Crippen molar-refractivity contribution in [1.29, 1.82) is 0 Å². The third kappa shape index (κ3) is 4.30. The van der Waals surface area contributed by atoms with Crippen LogP contribution in [0.4, 0.5) is 8.78 Å². The number of primary amides is 1. The average Bonchev–Trinajstić information content (AvgIpc) is 2.49. The Morgan fingerprint density at radius 3 is 2.59 bits per heavy atom. The third-order valence-electron chi connectivity index (χ3n) is 3.84. The first kappa shape index (κ1) is 16.5. The van der Waals surface area contributed by atoms with Gasteiger partial charge in [0.25, 0.3) is 0 Å². The highest BCUT2D eigenvalue weighted by molar-refractivity contribution is 5.76. The molecule has 1 aliphatic rings. The van der Waals surface area contributed by atoms with Crippen molar-refractivity contribution in [2.75, 3.05) is 20.2 Å². The summed E-state index contributed by atoms with van der Waals surface area (Å²) in [5, 5.41) is 0. The first-order valence-corrected chi connectivity index (χ1v) is 7.13. The number of nitrogens with two attached hydrogens (primary N) is 1. The van der Waals surface area contributed by atoms with Crippen molar-refractivity contribution in [2.45, 2.75) is 26.0 Å². The highest BCUT2D eigenvalue weighted by atomic mass is 19.3. The summed E-state index contributed by atoms with van der Waals surface area (Å²) in [5.41, 5.74) is 6.25. The Labute approximate surface area is 128 Å². The van der Waals surface area contributed by atoms with Crippen LogP contribution in [0.25, 0.3) is 0 Å². The number of likely N-dealkylation sites (tertiary alicyclic amines) is 1. The molecule has 0 spiro atoms. The van der Waals surface area contributed by atoms with Crippen LogP contribution < -0.4 is 15.2 Å².